The van der Waals surface area contributed by atoms with Crippen molar-refractivity contribution in [1.82, 2.24) is 10.6 Å². The zero-order valence-corrected chi connectivity index (χ0v) is 15.2. The molecule has 0 saturated heterocycles. The van der Waals surface area contributed by atoms with Crippen LogP contribution in [0.3, 0.4) is 0 Å². The fourth-order valence-electron chi connectivity index (χ4n) is 3.37. The van der Waals surface area contributed by atoms with Crippen LogP contribution in [0.5, 0.6) is 0 Å². The van der Waals surface area contributed by atoms with Crippen LogP contribution in [-0.2, 0) is 14.3 Å². The average Bonchev–Trinajstić information content (AvgIpc) is 2.53. The summed E-state index contributed by atoms with van der Waals surface area (Å²) in [5.41, 5.74) is 1.22. The normalized spacial score (nSPS) is 23.3. The Kier molecular flexibility index (Phi) is 8.56. The highest BCUT2D eigenvalue weighted by molar-refractivity contribution is 5.77. The Hall–Kier alpha value is -1.80. The minimum absolute atomic E-state index is 0.0000495. The van der Waals surface area contributed by atoms with Gasteiger partial charge in [0.2, 0.25) is 11.8 Å². The summed E-state index contributed by atoms with van der Waals surface area (Å²) in [5.74, 6) is 3.77. The van der Waals surface area contributed by atoms with Crippen LogP contribution in [0.2, 0.25) is 0 Å². The third kappa shape index (κ3) is 6.37. The van der Waals surface area contributed by atoms with Crippen LogP contribution in [0.1, 0.15) is 33.6 Å². The van der Waals surface area contributed by atoms with Gasteiger partial charge in [-0.05, 0) is 37.0 Å². The summed E-state index contributed by atoms with van der Waals surface area (Å²) in [4.78, 5) is 23.6. The standard InChI is InChI=1S/C19H30N2O3/c1-6-7-20-18(22)10-15-9-17(13(2)3)16(8-14(15)4)11-21-19(23)12-24-5/h1,8,13,15-17H,7,9-12H2,2-5H3,(H,20,22)(H,21,23). The van der Waals surface area contributed by atoms with Crippen LogP contribution in [0.25, 0.3) is 0 Å². The molecule has 0 fully saturated rings. The van der Waals surface area contributed by atoms with Gasteiger partial charge in [-0.2, -0.15) is 0 Å². The second-order valence-electron chi connectivity index (χ2n) is 6.84. The lowest BCUT2D eigenvalue weighted by Gasteiger charge is -2.37. The van der Waals surface area contributed by atoms with Gasteiger partial charge >= 0.3 is 0 Å². The molecule has 3 unspecified atom stereocenters. The predicted molar refractivity (Wildman–Crippen MR) is 95.0 cm³/mol. The molecule has 24 heavy (non-hydrogen) atoms. The second kappa shape index (κ2) is 10.1. The molecule has 1 aliphatic rings. The molecule has 134 valence electrons. The molecule has 0 aromatic heterocycles. The minimum Gasteiger partial charge on any atom is -0.375 e. The van der Waals surface area contributed by atoms with Gasteiger partial charge in [-0.1, -0.05) is 31.4 Å². The lowest BCUT2D eigenvalue weighted by atomic mass is 9.69. The molecule has 0 bridgehead atoms. The summed E-state index contributed by atoms with van der Waals surface area (Å²) >= 11 is 0. The topological polar surface area (TPSA) is 67.4 Å². The summed E-state index contributed by atoms with van der Waals surface area (Å²) in [6, 6.07) is 0. The van der Waals surface area contributed by atoms with Gasteiger partial charge in [0.1, 0.15) is 6.61 Å². The summed E-state index contributed by atoms with van der Waals surface area (Å²) in [5, 5.41) is 5.67. The van der Waals surface area contributed by atoms with Gasteiger partial charge < -0.3 is 15.4 Å². The Morgan fingerprint density at radius 3 is 2.67 bits per heavy atom. The van der Waals surface area contributed by atoms with Crippen LogP contribution < -0.4 is 10.6 Å². The first-order valence-corrected chi connectivity index (χ1v) is 8.53. The summed E-state index contributed by atoms with van der Waals surface area (Å²) in [6.07, 6.45) is 8.82. The maximum absolute atomic E-state index is 12.0. The van der Waals surface area contributed by atoms with Crippen molar-refractivity contribution in [3.8, 4) is 12.3 Å². The lowest BCUT2D eigenvalue weighted by Crippen LogP contribution is -2.38. The molecule has 0 aliphatic heterocycles. The predicted octanol–water partition coefficient (Wildman–Crippen LogP) is 1.74. The first-order valence-electron chi connectivity index (χ1n) is 8.53. The Labute approximate surface area is 145 Å². The SMILES string of the molecule is C#CCNC(=O)CC1CC(C(C)C)C(CNC(=O)COC)C=C1C. The lowest BCUT2D eigenvalue weighted by molar-refractivity contribution is -0.125. The molecule has 5 nitrogen and oxygen atoms in total. The summed E-state index contributed by atoms with van der Waals surface area (Å²) in [7, 11) is 1.51. The van der Waals surface area contributed by atoms with E-state index in [2.05, 4.69) is 43.4 Å². The average molecular weight is 334 g/mol. The number of amides is 2. The van der Waals surface area contributed by atoms with E-state index < -0.39 is 0 Å². The Morgan fingerprint density at radius 2 is 2.08 bits per heavy atom. The van der Waals surface area contributed by atoms with Crippen molar-refractivity contribution in [2.45, 2.75) is 33.6 Å². The summed E-state index contributed by atoms with van der Waals surface area (Å²) < 4.78 is 4.85. The first-order chi connectivity index (χ1) is 11.4. The van der Waals surface area contributed by atoms with Gasteiger partial charge in [0, 0.05) is 20.1 Å². The van der Waals surface area contributed by atoms with Crippen molar-refractivity contribution in [2.75, 3.05) is 26.8 Å². The number of rotatable bonds is 8. The molecule has 2 amide bonds. The van der Waals surface area contributed by atoms with Crippen LogP contribution >= 0.6 is 0 Å². The van der Waals surface area contributed by atoms with Gasteiger partial charge in [0.15, 0.2) is 0 Å². The molecule has 5 heteroatoms. The maximum atomic E-state index is 12.0. The van der Waals surface area contributed by atoms with Crippen molar-refractivity contribution in [3.05, 3.63) is 11.6 Å². The van der Waals surface area contributed by atoms with E-state index in [1.165, 1.54) is 12.7 Å². The molecule has 0 saturated carbocycles. The fraction of sp³-hybridized carbons (Fsp3) is 0.684. The maximum Gasteiger partial charge on any atom is 0.246 e. The molecule has 0 aromatic rings. The number of ether oxygens (including phenoxy) is 1. The van der Waals surface area contributed by atoms with Crippen molar-refractivity contribution in [3.63, 3.8) is 0 Å². The van der Waals surface area contributed by atoms with Crippen molar-refractivity contribution in [1.29, 1.82) is 0 Å². The van der Waals surface area contributed by atoms with E-state index in [1.54, 1.807) is 0 Å². The number of terminal acetylenes is 1. The van der Waals surface area contributed by atoms with Crippen molar-refractivity contribution < 1.29 is 14.3 Å². The number of methoxy groups -OCH3 is 1. The first kappa shape index (κ1) is 20.2. The van der Waals surface area contributed by atoms with E-state index in [4.69, 9.17) is 11.2 Å². The van der Waals surface area contributed by atoms with Gasteiger partial charge in [-0.3, -0.25) is 9.59 Å². The number of allylic oxidation sites excluding steroid dienone is 1. The van der Waals surface area contributed by atoms with E-state index in [1.807, 2.05) is 0 Å². The van der Waals surface area contributed by atoms with Crippen molar-refractivity contribution in [2.24, 2.45) is 23.7 Å². The Balaban J connectivity index is 2.72. The number of hydrogen-bond donors (Lipinski definition) is 2. The van der Waals surface area contributed by atoms with Gasteiger partial charge in [-0.15, -0.1) is 6.42 Å². The minimum atomic E-state index is -0.0955. The molecule has 1 rings (SSSR count). The van der Waals surface area contributed by atoms with Gasteiger partial charge in [-0.25, -0.2) is 0 Å². The summed E-state index contributed by atoms with van der Waals surface area (Å²) in [6.45, 7) is 7.42. The van der Waals surface area contributed by atoms with Crippen LogP contribution in [0.4, 0.5) is 0 Å². The number of carbonyl (C=O) groups is 2. The number of nitrogens with one attached hydrogen (secondary N) is 2. The van der Waals surface area contributed by atoms with Crippen molar-refractivity contribution >= 4 is 11.8 Å². The second-order valence-corrected chi connectivity index (χ2v) is 6.84. The number of carbonyl (C=O) groups excluding carboxylic acids is 2. The fourth-order valence-corrected chi connectivity index (χ4v) is 3.37. The van der Waals surface area contributed by atoms with Crippen LogP contribution in [0, 0.1) is 36.0 Å². The molecule has 2 N–H and O–H groups in total. The molecule has 0 aromatic carbocycles. The van der Waals surface area contributed by atoms with Gasteiger partial charge in [0.25, 0.3) is 0 Å². The zero-order valence-electron chi connectivity index (χ0n) is 15.2. The molecular formula is C19H30N2O3. The van der Waals surface area contributed by atoms with E-state index in [0.29, 0.717) is 24.8 Å². The molecule has 1 aliphatic carbocycles. The van der Waals surface area contributed by atoms with E-state index in [9.17, 15) is 9.59 Å². The van der Waals surface area contributed by atoms with Gasteiger partial charge in [0.05, 0.1) is 6.54 Å². The number of hydrogen-bond acceptors (Lipinski definition) is 3. The molecule has 3 atom stereocenters. The third-order valence-electron chi connectivity index (χ3n) is 4.71. The molecule has 0 radical (unpaired) electrons. The highest BCUT2D eigenvalue weighted by Crippen LogP contribution is 2.38. The molecule has 0 heterocycles. The Bertz CT molecular complexity index is 505. The zero-order chi connectivity index (χ0) is 18.1. The highest BCUT2D eigenvalue weighted by Gasteiger charge is 2.32. The third-order valence-corrected chi connectivity index (χ3v) is 4.71. The molecule has 0 spiro atoms. The van der Waals surface area contributed by atoms with Crippen LogP contribution in [0.15, 0.2) is 11.6 Å². The monoisotopic (exact) mass is 334 g/mol. The molecular weight excluding hydrogens is 304 g/mol. The van der Waals surface area contributed by atoms with E-state index >= 15 is 0 Å². The highest BCUT2D eigenvalue weighted by atomic mass is 16.5. The van der Waals surface area contributed by atoms with E-state index in [-0.39, 0.29) is 36.8 Å². The van der Waals surface area contributed by atoms with E-state index in [0.717, 1.165) is 6.42 Å². The smallest absolute Gasteiger partial charge is 0.246 e. The largest absolute Gasteiger partial charge is 0.375 e. The van der Waals surface area contributed by atoms with Crippen LogP contribution in [-0.4, -0.2) is 38.6 Å². The quantitative estimate of drug-likeness (QED) is 0.525. The Morgan fingerprint density at radius 1 is 1.38 bits per heavy atom.